The van der Waals surface area contributed by atoms with E-state index in [-0.39, 0.29) is 15.8 Å². The molecular weight excluding hydrogens is 361 g/mol. The molecule has 3 rings (SSSR count). The Morgan fingerprint density at radius 1 is 1.04 bits per heavy atom. The topological polar surface area (TPSA) is 83.0 Å². The van der Waals surface area contributed by atoms with Gasteiger partial charge in [0.15, 0.2) is 5.75 Å². The number of rotatable bonds is 5. The fourth-order valence-corrected chi connectivity index (χ4v) is 2.67. The van der Waals surface area contributed by atoms with E-state index in [4.69, 9.17) is 23.2 Å². The molecule has 128 valence electrons. The first kappa shape index (κ1) is 17.3. The van der Waals surface area contributed by atoms with Gasteiger partial charge in [0.05, 0.1) is 21.4 Å². The zero-order chi connectivity index (χ0) is 17.8. The number of phenols is 1. The van der Waals surface area contributed by atoms with E-state index >= 15 is 0 Å². The van der Waals surface area contributed by atoms with Crippen LogP contribution in [-0.2, 0) is 0 Å². The van der Waals surface area contributed by atoms with E-state index in [1.54, 1.807) is 24.4 Å². The van der Waals surface area contributed by atoms with Gasteiger partial charge < -0.3 is 15.7 Å². The Balaban J connectivity index is 1.99. The SMILES string of the molecule is CCNc1nc(Nc2cc(Cl)c(O)c(Cl)c2)cc(-c2ccccn2)n1. The Morgan fingerprint density at radius 3 is 2.44 bits per heavy atom. The first-order valence-corrected chi connectivity index (χ1v) is 8.32. The van der Waals surface area contributed by atoms with E-state index in [1.165, 1.54) is 0 Å². The highest BCUT2D eigenvalue weighted by Gasteiger charge is 2.10. The Morgan fingerprint density at radius 2 is 1.80 bits per heavy atom. The molecule has 0 radical (unpaired) electrons. The molecule has 3 aromatic rings. The first-order valence-electron chi connectivity index (χ1n) is 7.56. The minimum absolute atomic E-state index is 0.154. The summed E-state index contributed by atoms with van der Waals surface area (Å²) in [5, 5.41) is 16.2. The van der Waals surface area contributed by atoms with Crippen molar-refractivity contribution in [3.8, 4) is 17.1 Å². The summed E-state index contributed by atoms with van der Waals surface area (Å²) < 4.78 is 0. The fraction of sp³-hybridized carbons (Fsp3) is 0.118. The normalized spacial score (nSPS) is 10.5. The molecule has 0 atom stereocenters. The van der Waals surface area contributed by atoms with Gasteiger partial charge in [0.1, 0.15) is 5.82 Å². The molecule has 0 spiro atoms. The molecule has 0 saturated heterocycles. The third-order valence-corrected chi connectivity index (χ3v) is 3.85. The number of hydrogen-bond donors (Lipinski definition) is 3. The van der Waals surface area contributed by atoms with E-state index in [2.05, 4.69) is 25.6 Å². The van der Waals surface area contributed by atoms with E-state index in [9.17, 15) is 5.11 Å². The summed E-state index contributed by atoms with van der Waals surface area (Å²) in [5.41, 5.74) is 2.00. The van der Waals surface area contributed by atoms with Crippen molar-refractivity contribution in [2.75, 3.05) is 17.2 Å². The van der Waals surface area contributed by atoms with Crippen LogP contribution in [0.15, 0.2) is 42.6 Å². The average molecular weight is 376 g/mol. The lowest BCUT2D eigenvalue weighted by Gasteiger charge is -2.11. The van der Waals surface area contributed by atoms with E-state index in [0.717, 1.165) is 5.69 Å². The smallest absolute Gasteiger partial charge is 0.225 e. The Labute approximate surface area is 154 Å². The van der Waals surface area contributed by atoms with Crippen LogP contribution in [0.3, 0.4) is 0 Å². The molecule has 1 aromatic carbocycles. The van der Waals surface area contributed by atoms with Gasteiger partial charge in [-0.25, -0.2) is 4.98 Å². The lowest BCUT2D eigenvalue weighted by Crippen LogP contribution is -2.05. The maximum absolute atomic E-state index is 9.67. The number of phenolic OH excluding ortho intramolecular Hbond substituents is 1. The molecular formula is C17H15Cl2N5O. The average Bonchev–Trinajstić information content (AvgIpc) is 2.60. The molecule has 0 aliphatic carbocycles. The Kier molecular flexibility index (Phi) is 5.21. The van der Waals surface area contributed by atoms with Crippen LogP contribution in [0, 0.1) is 0 Å². The maximum atomic E-state index is 9.67. The van der Waals surface area contributed by atoms with Crippen molar-refractivity contribution < 1.29 is 5.11 Å². The van der Waals surface area contributed by atoms with Crippen LogP contribution >= 0.6 is 23.2 Å². The minimum atomic E-state index is -0.154. The van der Waals surface area contributed by atoms with Gasteiger partial charge in [-0.05, 0) is 31.2 Å². The first-order chi connectivity index (χ1) is 12.1. The third-order valence-electron chi connectivity index (χ3n) is 3.28. The number of nitrogens with zero attached hydrogens (tertiary/aromatic N) is 3. The van der Waals surface area contributed by atoms with Crippen molar-refractivity contribution in [3.05, 3.63) is 52.6 Å². The van der Waals surface area contributed by atoms with Crippen LogP contribution < -0.4 is 10.6 Å². The van der Waals surface area contributed by atoms with E-state index < -0.39 is 0 Å². The molecule has 2 aromatic heterocycles. The number of benzene rings is 1. The largest absolute Gasteiger partial charge is 0.505 e. The highest BCUT2D eigenvalue weighted by molar-refractivity contribution is 6.37. The van der Waals surface area contributed by atoms with E-state index in [1.807, 2.05) is 25.1 Å². The standard InChI is InChI=1S/C17H15Cl2N5O/c1-2-20-17-23-14(13-5-3-4-6-21-13)9-15(24-17)22-10-7-11(18)16(25)12(19)8-10/h3-9,25H,2H2,1H3,(H2,20,22,23,24). The van der Waals surface area contributed by atoms with Gasteiger partial charge in [-0.3, -0.25) is 4.98 Å². The van der Waals surface area contributed by atoms with Crippen molar-refractivity contribution in [2.45, 2.75) is 6.92 Å². The molecule has 0 saturated carbocycles. The summed E-state index contributed by atoms with van der Waals surface area (Å²) in [6.07, 6.45) is 1.71. The number of anilines is 3. The summed E-state index contributed by atoms with van der Waals surface area (Å²) >= 11 is 11.9. The highest BCUT2D eigenvalue weighted by atomic mass is 35.5. The Hall–Kier alpha value is -2.57. The second-order valence-corrected chi connectivity index (χ2v) is 5.94. The summed E-state index contributed by atoms with van der Waals surface area (Å²) in [6.45, 7) is 2.64. The van der Waals surface area contributed by atoms with Gasteiger partial charge >= 0.3 is 0 Å². The molecule has 0 amide bonds. The van der Waals surface area contributed by atoms with Crippen molar-refractivity contribution in [1.82, 2.24) is 15.0 Å². The summed E-state index contributed by atoms with van der Waals surface area (Å²) in [4.78, 5) is 13.2. The Bertz CT molecular complexity index is 866. The molecule has 0 bridgehead atoms. The van der Waals surface area contributed by atoms with Gasteiger partial charge in [-0.15, -0.1) is 0 Å². The quantitative estimate of drug-likeness (QED) is 0.559. The molecule has 6 nitrogen and oxygen atoms in total. The summed E-state index contributed by atoms with van der Waals surface area (Å²) in [7, 11) is 0. The van der Waals surface area contributed by atoms with Crippen molar-refractivity contribution in [1.29, 1.82) is 0 Å². The van der Waals surface area contributed by atoms with Gasteiger partial charge in [0.2, 0.25) is 5.95 Å². The molecule has 0 aliphatic rings. The predicted molar refractivity (Wildman–Crippen MR) is 101 cm³/mol. The zero-order valence-corrected chi connectivity index (χ0v) is 14.8. The molecule has 0 fully saturated rings. The molecule has 8 heteroatoms. The van der Waals surface area contributed by atoms with Crippen molar-refractivity contribution in [2.24, 2.45) is 0 Å². The number of aromatic nitrogens is 3. The van der Waals surface area contributed by atoms with Crippen LogP contribution in [0.25, 0.3) is 11.4 Å². The van der Waals surface area contributed by atoms with Crippen LogP contribution in [0.5, 0.6) is 5.75 Å². The van der Waals surface area contributed by atoms with Crippen molar-refractivity contribution in [3.63, 3.8) is 0 Å². The lowest BCUT2D eigenvalue weighted by molar-refractivity contribution is 0.476. The second kappa shape index (κ2) is 7.55. The highest BCUT2D eigenvalue weighted by Crippen LogP contribution is 2.35. The number of nitrogens with one attached hydrogen (secondary N) is 2. The number of hydrogen-bond acceptors (Lipinski definition) is 6. The monoisotopic (exact) mass is 375 g/mol. The lowest BCUT2D eigenvalue weighted by atomic mass is 10.2. The predicted octanol–water partition coefficient (Wildman–Crippen LogP) is 4.73. The maximum Gasteiger partial charge on any atom is 0.225 e. The number of aromatic hydroxyl groups is 1. The van der Waals surface area contributed by atoms with Gasteiger partial charge in [0.25, 0.3) is 0 Å². The molecule has 25 heavy (non-hydrogen) atoms. The van der Waals surface area contributed by atoms with Gasteiger partial charge in [-0.1, -0.05) is 29.3 Å². The fourth-order valence-electron chi connectivity index (χ4n) is 2.18. The van der Waals surface area contributed by atoms with Crippen LogP contribution in [-0.4, -0.2) is 26.6 Å². The zero-order valence-electron chi connectivity index (χ0n) is 13.3. The number of pyridine rings is 1. The second-order valence-electron chi connectivity index (χ2n) is 5.12. The van der Waals surface area contributed by atoms with Crippen molar-refractivity contribution >= 4 is 40.7 Å². The minimum Gasteiger partial charge on any atom is -0.505 e. The molecule has 2 heterocycles. The number of halogens is 2. The summed E-state index contributed by atoms with van der Waals surface area (Å²) in [6, 6.07) is 10.5. The molecule has 3 N–H and O–H groups in total. The van der Waals surface area contributed by atoms with E-state index in [0.29, 0.717) is 29.7 Å². The van der Waals surface area contributed by atoms with Crippen LogP contribution in [0.1, 0.15) is 6.92 Å². The molecule has 0 aliphatic heterocycles. The molecule has 0 unspecified atom stereocenters. The summed E-state index contributed by atoms with van der Waals surface area (Å²) in [5.74, 6) is 0.868. The third kappa shape index (κ3) is 4.10. The van der Waals surface area contributed by atoms with Crippen LogP contribution in [0.4, 0.5) is 17.5 Å². The van der Waals surface area contributed by atoms with Crippen LogP contribution in [0.2, 0.25) is 10.0 Å². The van der Waals surface area contributed by atoms with Gasteiger partial charge in [0, 0.05) is 24.5 Å². The van der Waals surface area contributed by atoms with Gasteiger partial charge in [-0.2, -0.15) is 4.98 Å².